The number of carbonyl (C=O) groups is 1. The van der Waals surface area contributed by atoms with Gasteiger partial charge in [-0.3, -0.25) is 4.79 Å². The number of aliphatic hydroxyl groups is 1. The minimum absolute atomic E-state index is 0. The second-order valence-corrected chi connectivity index (χ2v) is 5.42. The minimum atomic E-state index is -4.41. The van der Waals surface area contributed by atoms with Gasteiger partial charge in [0.25, 0.3) is 0 Å². The fourth-order valence-electron chi connectivity index (χ4n) is 1.43. The lowest BCUT2D eigenvalue weighted by molar-refractivity contribution is -0.137. The molecule has 1 aromatic carbocycles. The standard InChI is InChI=1S/C14H19F3N2O3.ClH/c1-13(2,18)12(21)19-7-10(20)8-22-11-5-3-9(4-6-11)14(15,16)17;/h3-6,10,20H,7-8,18H2,1-2H3,(H,19,21);1H. The number of rotatable bonds is 6. The summed E-state index contributed by atoms with van der Waals surface area (Å²) in [6.07, 6.45) is -5.41. The number of nitrogens with two attached hydrogens (primary N) is 1. The first-order valence-electron chi connectivity index (χ1n) is 6.55. The quantitative estimate of drug-likeness (QED) is 0.724. The summed E-state index contributed by atoms with van der Waals surface area (Å²) in [5, 5.41) is 12.1. The van der Waals surface area contributed by atoms with Crippen molar-refractivity contribution >= 4 is 18.3 Å². The molecule has 0 aliphatic heterocycles. The van der Waals surface area contributed by atoms with Gasteiger partial charge in [-0.1, -0.05) is 0 Å². The Morgan fingerprint density at radius 1 is 1.30 bits per heavy atom. The Morgan fingerprint density at radius 3 is 2.26 bits per heavy atom. The normalized spacial score (nSPS) is 13.0. The molecule has 0 saturated carbocycles. The number of nitrogens with one attached hydrogen (secondary N) is 1. The number of benzene rings is 1. The molecule has 23 heavy (non-hydrogen) atoms. The number of aliphatic hydroxyl groups excluding tert-OH is 1. The lowest BCUT2D eigenvalue weighted by Crippen LogP contribution is -2.51. The van der Waals surface area contributed by atoms with Gasteiger partial charge in [-0.25, -0.2) is 0 Å². The van der Waals surface area contributed by atoms with Crippen LogP contribution in [0.3, 0.4) is 0 Å². The Labute approximate surface area is 138 Å². The third-order valence-corrected chi connectivity index (χ3v) is 2.71. The Balaban J connectivity index is 0.00000484. The predicted octanol–water partition coefficient (Wildman–Crippen LogP) is 1.72. The van der Waals surface area contributed by atoms with E-state index in [2.05, 4.69) is 5.32 Å². The van der Waals surface area contributed by atoms with Crippen LogP contribution in [0.15, 0.2) is 24.3 Å². The predicted molar refractivity (Wildman–Crippen MR) is 81.5 cm³/mol. The molecule has 132 valence electrons. The minimum Gasteiger partial charge on any atom is -0.491 e. The van der Waals surface area contributed by atoms with Crippen LogP contribution < -0.4 is 15.8 Å². The van der Waals surface area contributed by atoms with Crippen LogP contribution in [0, 0.1) is 0 Å². The molecule has 1 atom stereocenters. The van der Waals surface area contributed by atoms with Crippen LogP contribution >= 0.6 is 12.4 Å². The number of amides is 1. The maximum Gasteiger partial charge on any atom is 0.416 e. The van der Waals surface area contributed by atoms with Crippen molar-refractivity contribution in [2.75, 3.05) is 13.2 Å². The molecule has 1 rings (SSSR count). The largest absolute Gasteiger partial charge is 0.491 e. The summed E-state index contributed by atoms with van der Waals surface area (Å²) in [6.45, 7) is 2.80. The summed E-state index contributed by atoms with van der Waals surface area (Å²) >= 11 is 0. The highest BCUT2D eigenvalue weighted by Gasteiger charge is 2.30. The summed E-state index contributed by atoms with van der Waals surface area (Å²) in [6, 6.07) is 4.11. The average molecular weight is 357 g/mol. The van der Waals surface area contributed by atoms with E-state index in [1.807, 2.05) is 0 Å². The molecule has 0 aliphatic rings. The van der Waals surface area contributed by atoms with E-state index < -0.39 is 29.3 Å². The molecule has 0 radical (unpaired) electrons. The van der Waals surface area contributed by atoms with Gasteiger partial charge in [0.2, 0.25) is 5.91 Å². The van der Waals surface area contributed by atoms with Crippen LogP contribution in [0.4, 0.5) is 13.2 Å². The molecule has 0 spiro atoms. The van der Waals surface area contributed by atoms with E-state index >= 15 is 0 Å². The second-order valence-electron chi connectivity index (χ2n) is 5.42. The number of ether oxygens (including phenoxy) is 1. The van der Waals surface area contributed by atoms with Crippen molar-refractivity contribution in [3.05, 3.63) is 29.8 Å². The van der Waals surface area contributed by atoms with E-state index in [-0.39, 0.29) is 31.3 Å². The zero-order chi connectivity index (χ0) is 17.0. The molecule has 9 heteroatoms. The first-order chi connectivity index (χ1) is 10.00. The Bertz CT molecular complexity index is 501. The van der Waals surface area contributed by atoms with E-state index in [0.717, 1.165) is 24.3 Å². The van der Waals surface area contributed by atoms with Crippen LogP contribution in [0.25, 0.3) is 0 Å². The first kappa shape index (κ1) is 21.5. The average Bonchev–Trinajstić information content (AvgIpc) is 2.40. The van der Waals surface area contributed by atoms with Gasteiger partial charge < -0.3 is 20.9 Å². The Hall–Kier alpha value is -1.51. The van der Waals surface area contributed by atoms with Crippen molar-refractivity contribution in [1.82, 2.24) is 5.32 Å². The zero-order valence-corrected chi connectivity index (χ0v) is 13.5. The van der Waals surface area contributed by atoms with Crippen LogP contribution in [-0.4, -0.2) is 35.8 Å². The van der Waals surface area contributed by atoms with Gasteiger partial charge >= 0.3 is 6.18 Å². The van der Waals surface area contributed by atoms with Crippen molar-refractivity contribution in [2.24, 2.45) is 5.73 Å². The monoisotopic (exact) mass is 356 g/mol. The molecule has 0 saturated heterocycles. The van der Waals surface area contributed by atoms with Crippen LogP contribution in [0.1, 0.15) is 19.4 Å². The summed E-state index contributed by atoms with van der Waals surface area (Å²) in [5.41, 5.74) is 3.72. The van der Waals surface area contributed by atoms with Crippen molar-refractivity contribution in [3.63, 3.8) is 0 Å². The summed E-state index contributed by atoms with van der Waals surface area (Å²) in [4.78, 5) is 11.5. The van der Waals surface area contributed by atoms with Gasteiger partial charge in [0.15, 0.2) is 0 Å². The summed E-state index contributed by atoms with van der Waals surface area (Å²) < 4.78 is 42.3. The van der Waals surface area contributed by atoms with Gasteiger partial charge in [0.05, 0.1) is 11.1 Å². The molecule has 1 amide bonds. The SMILES string of the molecule is CC(C)(N)C(=O)NCC(O)COc1ccc(C(F)(F)F)cc1.Cl. The highest BCUT2D eigenvalue weighted by molar-refractivity contribution is 5.85. The number of halogens is 4. The Morgan fingerprint density at radius 2 is 1.83 bits per heavy atom. The van der Waals surface area contributed by atoms with Gasteiger partial charge in [-0.2, -0.15) is 13.2 Å². The van der Waals surface area contributed by atoms with Gasteiger partial charge in [0, 0.05) is 6.54 Å². The molecule has 1 aromatic rings. The maximum atomic E-state index is 12.4. The van der Waals surface area contributed by atoms with E-state index in [1.165, 1.54) is 13.8 Å². The number of alkyl halides is 3. The van der Waals surface area contributed by atoms with Gasteiger partial charge in [-0.15, -0.1) is 12.4 Å². The van der Waals surface area contributed by atoms with Crippen LogP contribution in [0.5, 0.6) is 5.75 Å². The molecule has 1 unspecified atom stereocenters. The molecule has 0 bridgehead atoms. The van der Waals surface area contributed by atoms with Crippen LogP contribution in [-0.2, 0) is 11.0 Å². The highest BCUT2D eigenvalue weighted by Crippen LogP contribution is 2.30. The smallest absolute Gasteiger partial charge is 0.416 e. The third-order valence-electron chi connectivity index (χ3n) is 2.71. The molecule has 0 aromatic heterocycles. The van der Waals surface area contributed by atoms with Crippen LogP contribution in [0.2, 0.25) is 0 Å². The van der Waals surface area contributed by atoms with Crippen molar-refractivity contribution in [1.29, 1.82) is 0 Å². The first-order valence-corrected chi connectivity index (χ1v) is 6.55. The van der Waals surface area contributed by atoms with Crippen molar-refractivity contribution < 1.29 is 27.8 Å². The highest BCUT2D eigenvalue weighted by atomic mass is 35.5. The number of hydrogen-bond acceptors (Lipinski definition) is 4. The fourth-order valence-corrected chi connectivity index (χ4v) is 1.43. The molecular weight excluding hydrogens is 337 g/mol. The lowest BCUT2D eigenvalue weighted by atomic mass is 10.1. The fraction of sp³-hybridized carbons (Fsp3) is 0.500. The molecule has 4 N–H and O–H groups in total. The van der Waals surface area contributed by atoms with E-state index in [1.54, 1.807) is 0 Å². The van der Waals surface area contributed by atoms with E-state index in [4.69, 9.17) is 10.5 Å². The molecule has 5 nitrogen and oxygen atoms in total. The van der Waals surface area contributed by atoms with Crippen molar-refractivity contribution in [2.45, 2.75) is 31.7 Å². The van der Waals surface area contributed by atoms with Gasteiger partial charge in [0.1, 0.15) is 18.5 Å². The topological polar surface area (TPSA) is 84.6 Å². The summed E-state index contributed by atoms with van der Waals surface area (Å²) in [5.74, 6) is -0.237. The van der Waals surface area contributed by atoms with E-state index in [0.29, 0.717) is 0 Å². The Kier molecular flexibility index (Phi) is 7.82. The molecule has 0 heterocycles. The second kappa shape index (κ2) is 8.37. The summed E-state index contributed by atoms with van der Waals surface area (Å²) in [7, 11) is 0. The van der Waals surface area contributed by atoms with Gasteiger partial charge in [-0.05, 0) is 38.1 Å². The molecule has 0 aliphatic carbocycles. The molecular formula is C14H20ClF3N2O3. The number of hydrogen-bond donors (Lipinski definition) is 3. The van der Waals surface area contributed by atoms with E-state index in [9.17, 15) is 23.1 Å². The molecule has 0 fully saturated rings. The maximum absolute atomic E-state index is 12.4. The van der Waals surface area contributed by atoms with Crippen molar-refractivity contribution in [3.8, 4) is 5.75 Å². The number of carbonyl (C=O) groups excluding carboxylic acids is 1. The lowest BCUT2D eigenvalue weighted by Gasteiger charge is -2.19. The third kappa shape index (κ3) is 7.54. The zero-order valence-electron chi connectivity index (χ0n) is 12.7.